The Bertz CT molecular complexity index is 1120. The highest BCUT2D eigenvalue weighted by Gasteiger charge is 2.36. The van der Waals surface area contributed by atoms with E-state index in [1.807, 2.05) is 0 Å². The lowest BCUT2D eigenvalue weighted by Crippen LogP contribution is -2.38. The zero-order valence-electron chi connectivity index (χ0n) is 42.4. The third kappa shape index (κ3) is 30.9. The normalized spacial score (nSPS) is 17.0. The topological polar surface area (TPSA) is 124 Å². The molecule has 0 aromatic carbocycles. The first kappa shape index (κ1) is 59.8. The minimum Gasteiger partial charge on any atom is -0.469 e. The molecule has 4 atom stereocenters. The van der Waals surface area contributed by atoms with Crippen molar-refractivity contribution in [2.75, 3.05) is 27.4 Å². The molecule has 10 nitrogen and oxygen atoms in total. The molecule has 0 N–H and O–H groups in total. The highest BCUT2D eigenvalue weighted by atomic mass is 16.6. The molecule has 0 spiro atoms. The predicted octanol–water partition coefficient (Wildman–Crippen LogP) is 14.3. The van der Waals surface area contributed by atoms with Gasteiger partial charge in [0, 0.05) is 26.1 Å². The van der Waals surface area contributed by atoms with Crippen LogP contribution in [0.5, 0.6) is 0 Å². The summed E-state index contributed by atoms with van der Waals surface area (Å²) in [5, 5.41) is 0. The summed E-state index contributed by atoms with van der Waals surface area (Å²) in [6.45, 7) is 10.2. The number of ether oxygens (including phenoxy) is 6. The number of esters is 4. The van der Waals surface area contributed by atoms with E-state index in [9.17, 15) is 19.2 Å². The van der Waals surface area contributed by atoms with Crippen molar-refractivity contribution in [1.82, 2.24) is 0 Å². The van der Waals surface area contributed by atoms with Crippen LogP contribution in [0.25, 0.3) is 0 Å². The van der Waals surface area contributed by atoms with Crippen LogP contribution in [0.15, 0.2) is 0 Å². The van der Waals surface area contributed by atoms with Crippen molar-refractivity contribution in [3.05, 3.63) is 0 Å². The van der Waals surface area contributed by atoms with Crippen LogP contribution in [0.4, 0.5) is 0 Å². The summed E-state index contributed by atoms with van der Waals surface area (Å²) in [6.07, 6.45) is 34.0. The molecular formula is C54H100O10. The molecule has 0 heterocycles. The van der Waals surface area contributed by atoms with Crippen molar-refractivity contribution in [3.8, 4) is 0 Å². The third-order valence-corrected chi connectivity index (χ3v) is 13.3. The molecule has 4 unspecified atom stereocenters. The number of unbranched alkanes of at least 4 members (excludes halogenated alkanes) is 20. The second kappa shape index (κ2) is 42.2. The maximum absolute atomic E-state index is 14.0. The Hall–Kier alpha value is -2.20. The van der Waals surface area contributed by atoms with E-state index in [0.717, 1.165) is 135 Å². The molecule has 0 radical (unpaired) electrons. The molecule has 0 amide bonds. The maximum atomic E-state index is 14.0. The summed E-state index contributed by atoms with van der Waals surface area (Å²) < 4.78 is 35.6. The molecule has 0 aliphatic heterocycles. The lowest BCUT2D eigenvalue weighted by molar-refractivity contribution is -0.170. The molecule has 64 heavy (non-hydrogen) atoms. The second-order valence-corrected chi connectivity index (χ2v) is 18.9. The van der Waals surface area contributed by atoms with E-state index in [2.05, 4.69) is 27.7 Å². The van der Waals surface area contributed by atoms with Crippen molar-refractivity contribution in [1.29, 1.82) is 0 Å². The van der Waals surface area contributed by atoms with E-state index in [4.69, 9.17) is 28.4 Å². The van der Waals surface area contributed by atoms with Gasteiger partial charge in [0.2, 0.25) is 0 Å². The van der Waals surface area contributed by atoms with Crippen molar-refractivity contribution < 1.29 is 47.6 Å². The van der Waals surface area contributed by atoms with E-state index in [0.29, 0.717) is 51.7 Å². The lowest BCUT2D eigenvalue weighted by Gasteiger charge is -2.32. The summed E-state index contributed by atoms with van der Waals surface area (Å²) in [7, 11) is 2.88. The average Bonchev–Trinajstić information content (AvgIpc) is 3.30. The van der Waals surface area contributed by atoms with Crippen LogP contribution < -0.4 is 0 Å². The van der Waals surface area contributed by atoms with E-state index in [1.54, 1.807) is 0 Å². The van der Waals surface area contributed by atoms with Gasteiger partial charge in [-0.1, -0.05) is 156 Å². The van der Waals surface area contributed by atoms with Gasteiger partial charge < -0.3 is 28.4 Å². The molecule has 0 bridgehead atoms. The Morgan fingerprint density at radius 1 is 0.375 bits per heavy atom. The first-order valence-electron chi connectivity index (χ1n) is 27.0. The van der Waals surface area contributed by atoms with Crippen LogP contribution in [-0.4, -0.2) is 75.7 Å². The van der Waals surface area contributed by atoms with Gasteiger partial charge in [-0.05, 0) is 89.9 Å². The van der Waals surface area contributed by atoms with Gasteiger partial charge in [-0.2, -0.15) is 0 Å². The Balaban J connectivity index is 2.98. The van der Waals surface area contributed by atoms with Gasteiger partial charge in [-0.3, -0.25) is 19.2 Å². The number of methoxy groups -OCH3 is 2. The molecule has 1 aliphatic rings. The highest BCUT2D eigenvalue weighted by molar-refractivity contribution is 5.75. The minimum atomic E-state index is -0.287. The van der Waals surface area contributed by atoms with Gasteiger partial charge in [0.15, 0.2) is 0 Å². The minimum absolute atomic E-state index is 0.116. The summed E-state index contributed by atoms with van der Waals surface area (Å²) in [4.78, 5) is 51.1. The fraction of sp³-hybridized carbons (Fsp3) is 0.926. The Kier molecular flexibility index (Phi) is 39.4. The Labute approximate surface area is 392 Å². The van der Waals surface area contributed by atoms with Crippen LogP contribution in [0.3, 0.4) is 0 Å². The molecule has 0 aromatic heterocycles. The lowest BCUT2D eigenvalue weighted by atomic mass is 9.82. The molecule has 1 rings (SSSR count). The first-order chi connectivity index (χ1) is 31.2. The zero-order valence-corrected chi connectivity index (χ0v) is 42.4. The summed E-state index contributed by atoms with van der Waals surface area (Å²) in [5.41, 5.74) is 0. The fourth-order valence-electron chi connectivity index (χ4n) is 8.95. The monoisotopic (exact) mass is 909 g/mol. The van der Waals surface area contributed by atoms with Crippen LogP contribution in [0.2, 0.25) is 0 Å². The standard InChI is InChI=1S/C54H100O10/c1-7-11-15-17-21-27-33-47(61-43-13-9-3)50(36-30-24-20-26-32-38-52(56)60-6)64-54(58)46-41-39-45(40-42-46)53(57)63-49(35-29-22-18-16-12-8-2)48(62-44-14-10-4)34-28-23-19-25-31-37-51(55)59-5/h45-50H,7-44H2,1-6H3. The maximum Gasteiger partial charge on any atom is 0.309 e. The second-order valence-electron chi connectivity index (χ2n) is 18.9. The molecule has 1 fully saturated rings. The summed E-state index contributed by atoms with van der Waals surface area (Å²) in [6, 6.07) is 0. The van der Waals surface area contributed by atoms with Gasteiger partial charge in [0.05, 0.1) is 38.3 Å². The number of hydrogen-bond donors (Lipinski definition) is 0. The van der Waals surface area contributed by atoms with E-state index < -0.39 is 0 Å². The average molecular weight is 909 g/mol. The molecule has 10 heteroatoms. The number of carbonyl (C=O) groups is 4. The largest absolute Gasteiger partial charge is 0.469 e. The van der Waals surface area contributed by atoms with Gasteiger partial charge in [0.1, 0.15) is 12.2 Å². The molecule has 1 aliphatic carbocycles. The van der Waals surface area contributed by atoms with E-state index in [-0.39, 0.29) is 60.1 Å². The Morgan fingerprint density at radius 2 is 0.656 bits per heavy atom. The molecule has 1 saturated carbocycles. The van der Waals surface area contributed by atoms with Gasteiger partial charge in [-0.15, -0.1) is 0 Å². The van der Waals surface area contributed by atoms with Gasteiger partial charge in [0.25, 0.3) is 0 Å². The van der Waals surface area contributed by atoms with Crippen molar-refractivity contribution >= 4 is 23.9 Å². The number of rotatable bonds is 44. The van der Waals surface area contributed by atoms with Gasteiger partial charge in [-0.25, -0.2) is 0 Å². The molecular weight excluding hydrogens is 809 g/mol. The Morgan fingerprint density at radius 3 is 0.969 bits per heavy atom. The summed E-state index contributed by atoms with van der Waals surface area (Å²) >= 11 is 0. The predicted molar refractivity (Wildman–Crippen MR) is 259 cm³/mol. The van der Waals surface area contributed by atoms with E-state index in [1.165, 1.54) is 72.0 Å². The number of carbonyl (C=O) groups excluding carboxylic acids is 4. The SMILES string of the molecule is CCCCCCCCC(OCCCC)C(CCCCCCCC(=O)OC)OC(=O)C1CCC(C(=O)OC(CCCCCCCC)C(CCCCCCCC(=O)OC)OCCCC)CC1. The van der Waals surface area contributed by atoms with Crippen LogP contribution in [0, 0.1) is 11.8 Å². The van der Waals surface area contributed by atoms with Crippen LogP contribution >= 0.6 is 0 Å². The zero-order chi connectivity index (χ0) is 46.9. The molecule has 0 saturated heterocycles. The molecule has 0 aromatic rings. The van der Waals surface area contributed by atoms with Crippen LogP contribution in [0.1, 0.15) is 259 Å². The summed E-state index contributed by atoms with van der Waals surface area (Å²) in [5.74, 6) is -1.04. The van der Waals surface area contributed by atoms with Crippen molar-refractivity contribution in [3.63, 3.8) is 0 Å². The third-order valence-electron chi connectivity index (χ3n) is 13.3. The van der Waals surface area contributed by atoms with E-state index >= 15 is 0 Å². The smallest absolute Gasteiger partial charge is 0.309 e. The van der Waals surface area contributed by atoms with Crippen molar-refractivity contribution in [2.45, 2.75) is 283 Å². The van der Waals surface area contributed by atoms with Crippen LogP contribution in [-0.2, 0) is 47.6 Å². The fourth-order valence-corrected chi connectivity index (χ4v) is 8.95. The molecule has 376 valence electrons. The highest BCUT2D eigenvalue weighted by Crippen LogP contribution is 2.33. The quantitative estimate of drug-likeness (QED) is 0.0331. The number of hydrogen-bond acceptors (Lipinski definition) is 10. The van der Waals surface area contributed by atoms with Crippen molar-refractivity contribution in [2.24, 2.45) is 11.8 Å². The van der Waals surface area contributed by atoms with Gasteiger partial charge >= 0.3 is 23.9 Å². The first-order valence-corrected chi connectivity index (χ1v) is 27.0.